The highest BCUT2D eigenvalue weighted by atomic mass is 35.5. The molecular weight excluding hydrogens is 250 g/mol. The second kappa shape index (κ2) is 6.02. The molecule has 0 spiro atoms. The Hall–Kier alpha value is -0.610. The molecule has 1 N–H and O–H groups in total. The van der Waals surface area contributed by atoms with E-state index < -0.39 is 6.10 Å². The lowest BCUT2D eigenvalue weighted by Gasteiger charge is -2.38. The van der Waals surface area contributed by atoms with Gasteiger partial charge in [0.15, 0.2) is 0 Å². The van der Waals surface area contributed by atoms with Crippen LogP contribution >= 0.6 is 11.6 Å². The van der Waals surface area contributed by atoms with Crippen molar-refractivity contribution in [1.82, 2.24) is 4.90 Å². The third-order valence-corrected chi connectivity index (χ3v) is 4.03. The van der Waals surface area contributed by atoms with E-state index in [-0.39, 0.29) is 6.10 Å². The third kappa shape index (κ3) is 3.04. The van der Waals surface area contributed by atoms with E-state index in [0.29, 0.717) is 17.6 Å². The van der Waals surface area contributed by atoms with Gasteiger partial charge >= 0.3 is 0 Å². The lowest BCUT2D eigenvalue weighted by molar-refractivity contribution is -0.0672. The van der Waals surface area contributed by atoms with Gasteiger partial charge in [-0.1, -0.05) is 29.8 Å². The molecule has 4 heteroatoms. The highest BCUT2D eigenvalue weighted by molar-refractivity contribution is 6.31. The van der Waals surface area contributed by atoms with Crippen molar-refractivity contribution in [2.24, 2.45) is 0 Å². The Labute approximate surface area is 113 Å². The summed E-state index contributed by atoms with van der Waals surface area (Å²) in [6.07, 6.45) is -0.344. The number of rotatable bonds is 3. The summed E-state index contributed by atoms with van der Waals surface area (Å²) in [4.78, 5) is 2.25. The molecule has 1 aliphatic heterocycles. The number of ether oxygens (including phenoxy) is 1. The first-order valence-electron chi connectivity index (χ1n) is 6.37. The normalized spacial score (nSPS) is 27.1. The van der Waals surface area contributed by atoms with Gasteiger partial charge in [-0.25, -0.2) is 0 Å². The monoisotopic (exact) mass is 269 g/mol. The van der Waals surface area contributed by atoms with Crippen molar-refractivity contribution in [3.8, 4) is 0 Å². The average molecular weight is 270 g/mol. The maximum atomic E-state index is 10.3. The summed E-state index contributed by atoms with van der Waals surface area (Å²) in [7, 11) is 0. The molecule has 3 atom stereocenters. The van der Waals surface area contributed by atoms with Gasteiger partial charge in [0.05, 0.1) is 18.8 Å². The van der Waals surface area contributed by atoms with Crippen molar-refractivity contribution >= 4 is 11.6 Å². The first-order chi connectivity index (χ1) is 8.59. The number of nitrogens with zero attached hydrogens (tertiary/aromatic N) is 1. The Kier molecular flexibility index (Phi) is 4.62. The van der Waals surface area contributed by atoms with Crippen LogP contribution < -0.4 is 0 Å². The van der Waals surface area contributed by atoms with Crippen LogP contribution in [0.15, 0.2) is 24.3 Å². The minimum absolute atomic E-state index is 0.206. The van der Waals surface area contributed by atoms with Crippen LogP contribution in [0.5, 0.6) is 0 Å². The highest BCUT2D eigenvalue weighted by Crippen LogP contribution is 2.25. The first kappa shape index (κ1) is 13.8. The van der Waals surface area contributed by atoms with Crippen molar-refractivity contribution in [2.75, 3.05) is 19.7 Å². The van der Waals surface area contributed by atoms with E-state index >= 15 is 0 Å². The smallest absolute Gasteiger partial charge is 0.0931 e. The lowest BCUT2D eigenvalue weighted by atomic mass is 10.1. The fourth-order valence-corrected chi connectivity index (χ4v) is 2.58. The largest absolute Gasteiger partial charge is 0.387 e. The molecule has 0 bridgehead atoms. The molecule has 3 nitrogen and oxygen atoms in total. The van der Waals surface area contributed by atoms with Crippen LogP contribution in [0.25, 0.3) is 0 Å². The van der Waals surface area contributed by atoms with E-state index in [1.807, 2.05) is 24.3 Å². The van der Waals surface area contributed by atoms with Crippen LogP contribution in [0.3, 0.4) is 0 Å². The zero-order chi connectivity index (χ0) is 13.1. The van der Waals surface area contributed by atoms with Gasteiger partial charge in [-0.2, -0.15) is 0 Å². The van der Waals surface area contributed by atoms with Crippen LogP contribution in [0.2, 0.25) is 5.02 Å². The molecule has 100 valence electrons. The van der Waals surface area contributed by atoms with Crippen LogP contribution in [0.4, 0.5) is 0 Å². The minimum atomic E-state index is -0.550. The van der Waals surface area contributed by atoms with Gasteiger partial charge in [0.2, 0.25) is 0 Å². The number of β-amino-alcohol motifs (C(OH)–C–C–N with tert-alkyl or cyclic N) is 1. The predicted octanol–water partition coefficient (Wildman–Crippen LogP) is 2.48. The molecule has 1 fully saturated rings. The summed E-state index contributed by atoms with van der Waals surface area (Å²) in [5.41, 5.74) is 0.797. The molecule has 0 amide bonds. The van der Waals surface area contributed by atoms with Gasteiger partial charge in [-0.05, 0) is 19.9 Å². The molecule has 0 radical (unpaired) electrons. The Bertz CT molecular complexity index is 399. The lowest BCUT2D eigenvalue weighted by Crippen LogP contribution is -2.49. The quantitative estimate of drug-likeness (QED) is 0.915. The van der Waals surface area contributed by atoms with Crippen molar-refractivity contribution in [3.63, 3.8) is 0 Å². The van der Waals surface area contributed by atoms with E-state index in [1.54, 1.807) is 0 Å². The molecule has 1 saturated heterocycles. The van der Waals surface area contributed by atoms with Crippen LogP contribution in [-0.2, 0) is 4.74 Å². The van der Waals surface area contributed by atoms with E-state index in [1.165, 1.54) is 0 Å². The molecule has 1 heterocycles. The molecular formula is C14H20ClNO2. The number of halogens is 1. The SMILES string of the molecule is CC1OCCN(CC(O)c2ccccc2Cl)C1C. The number of morpholine rings is 1. The van der Waals surface area contributed by atoms with Crippen LogP contribution in [0.1, 0.15) is 25.5 Å². The Morgan fingerprint density at radius 2 is 2.17 bits per heavy atom. The zero-order valence-electron chi connectivity index (χ0n) is 10.8. The van der Waals surface area contributed by atoms with E-state index in [4.69, 9.17) is 16.3 Å². The second-order valence-electron chi connectivity index (χ2n) is 4.85. The highest BCUT2D eigenvalue weighted by Gasteiger charge is 2.27. The Morgan fingerprint density at radius 3 is 2.89 bits per heavy atom. The summed E-state index contributed by atoms with van der Waals surface area (Å²) >= 11 is 6.10. The molecule has 2 rings (SSSR count). The Morgan fingerprint density at radius 1 is 1.44 bits per heavy atom. The fourth-order valence-electron chi connectivity index (χ4n) is 2.32. The summed E-state index contributed by atoms with van der Waals surface area (Å²) < 4.78 is 5.58. The number of hydrogen-bond donors (Lipinski definition) is 1. The summed E-state index contributed by atoms with van der Waals surface area (Å²) in [5.74, 6) is 0. The van der Waals surface area contributed by atoms with Gasteiger partial charge < -0.3 is 9.84 Å². The first-order valence-corrected chi connectivity index (χ1v) is 6.75. The van der Waals surface area contributed by atoms with Crippen molar-refractivity contribution in [3.05, 3.63) is 34.9 Å². The molecule has 1 aliphatic rings. The molecule has 3 unspecified atom stereocenters. The molecule has 1 aromatic carbocycles. The molecule has 0 aromatic heterocycles. The topological polar surface area (TPSA) is 32.7 Å². The number of benzene rings is 1. The molecule has 0 saturated carbocycles. The van der Waals surface area contributed by atoms with Crippen molar-refractivity contribution < 1.29 is 9.84 Å². The predicted molar refractivity (Wildman–Crippen MR) is 72.9 cm³/mol. The maximum absolute atomic E-state index is 10.3. The van der Waals surface area contributed by atoms with Gasteiger partial charge in [0.25, 0.3) is 0 Å². The van der Waals surface area contributed by atoms with Crippen molar-refractivity contribution in [2.45, 2.75) is 32.1 Å². The van der Waals surface area contributed by atoms with E-state index in [2.05, 4.69) is 18.7 Å². The van der Waals surface area contributed by atoms with Gasteiger partial charge in [0.1, 0.15) is 0 Å². The average Bonchev–Trinajstić information content (AvgIpc) is 2.35. The van der Waals surface area contributed by atoms with Gasteiger partial charge in [-0.3, -0.25) is 4.90 Å². The molecule has 1 aromatic rings. The summed E-state index contributed by atoms with van der Waals surface area (Å²) in [5, 5.41) is 10.9. The van der Waals surface area contributed by atoms with Crippen LogP contribution in [0, 0.1) is 0 Å². The molecule has 18 heavy (non-hydrogen) atoms. The number of aliphatic hydroxyl groups excluding tert-OH is 1. The van der Waals surface area contributed by atoms with E-state index in [0.717, 1.165) is 18.7 Å². The Balaban J connectivity index is 2.03. The molecule has 0 aliphatic carbocycles. The summed E-state index contributed by atoms with van der Waals surface area (Å²) in [6.45, 7) is 6.37. The third-order valence-electron chi connectivity index (χ3n) is 3.69. The zero-order valence-corrected chi connectivity index (χ0v) is 11.6. The van der Waals surface area contributed by atoms with Crippen molar-refractivity contribution in [1.29, 1.82) is 0 Å². The number of aliphatic hydroxyl groups is 1. The standard InChI is InChI=1S/C14H20ClNO2/c1-10-11(2)18-8-7-16(10)9-14(17)12-5-3-4-6-13(12)15/h3-6,10-11,14,17H,7-9H2,1-2H3. The maximum Gasteiger partial charge on any atom is 0.0931 e. The number of hydrogen-bond acceptors (Lipinski definition) is 3. The van der Waals surface area contributed by atoms with Gasteiger partial charge in [0, 0.05) is 29.7 Å². The fraction of sp³-hybridized carbons (Fsp3) is 0.571. The van der Waals surface area contributed by atoms with E-state index in [9.17, 15) is 5.11 Å². The summed E-state index contributed by atoms with van der Waals surface area (Å²) in [6, 6.07) is 7.77. The minimum Gasteiger partial charge on any atom is -0.387 e. The van der Waals surface area contributed by atoms with Gasteiger partial charge in [-0.15, -0.1) is 0 Å². The van der Waals surface area contributed by atoms with Crippen LogP contribution in [-0.4, -0.2) is 41.8 Å². The second-order valence-corrected chi connectivity index (χ2v) is 5.26.